The van der Waals surface area contributed by atoms with E-state index in [0.717, 1.165) is 4.90 Å². The average Bonchev–Trinajstić information content (AvgIpc) is 3.18. The lowest BCUT2D eigenvalue weighted by atomic mass is 10.0. The number of hydrogen-bond donors (Lipinski definition) is 4. The van der Waals surface area contributed by atoms with Crippen LogP contribution in [0.5, 0.6) is 0 Å². The largest absolute Gasteiger partial charge is 0.477 e. The maximum absolute atomic E-state index is 12.5. The molecule has 1 unspecified atom stereocenters. The first-order chi connectivity index (χ1) is 13.3. The van der Waals surface area contributed by atoms with Crippen molar-refractivity contribution in [3.63, 3.8) is 0 Å². The fraction of sp³-hybridized carbons (Fsp3) is 0.286. The number of aromatic nitrogens is 1. The Bertz CT molecular complexity index is 898. The van der Waals surface area contributed by atoms with E-state index < -0.39 is 35.3 Å². The first kappa shape index (κ1) is 19.6. The van der Waals surface area contributed by atoms with E-state index in [2.05, 4.69) is 20.2 Å². The summed E-state index contributed by atoms with van der Waals surface area (Å²) in [5.74, 6) is -2.69. The lowest BCUT2D eigenvalue weighted by Gasteiger charge is -2.49. The molecule has 2 aliphatic rings. The van der Waals surface area contributed by atoms with Gasteiger partial charge in [0.2, 0.25) is 0 Å². The van der Waals surface area contributed by atoms with Gasteiger partial charge in [-0.25, -0.2) is 14.6 Å². The molecule has 0 saturated carbocycles. The van der Waals surface area contributed by atoms with Crippen LogP contribution >= 0.6 is 23.1 Å². The Kier molecular flexibility index (Phi) is 5.51. The van der Waals surface area contributed by atoms with Crippen molar-refractivity contribution >= 4 is 52.7 Å². The van der Waals surface area contributed by atoms with E-state index in [4.69, 9.17) is 10.9 Å². The number of thiazole rings is 1. The van der Waals surface area contributed by atoms with Crippen LogP contribution in [0.25, 0.3) is 0 Å². The summed E-state index contributed by atoms with van der Waals surface area (Å²) in [7, 11) is 0. The summed E-state index contributed by atoms with van der Waals surface area (Å²) in [6, 6.07) is -1.01. The number of ether oxygens (including phenoxy) is 1. The van der Waals surface area contributed by atoms with Crippen molar-refractivity contribution in [3.05, 3.63) is 27.9 Å². The fourth-order valence-electron chi connectivity index (χ4n) is 2.70. The van der Waals surface area contributed by atoms with Crippen molar-refractivity contribution in [2.45, 2.75) is 11.4 Å². The van der Waals surface area contributed by atoms with Crippen LogP contribution < -0.4 is 11.1 Å². The van der Waals surface area contributed by atoms with Gasteiger partial charge in [-0.2, -0.15) is 0 Å². The third kappa shape index (κ3) is 3.50. The summed E-state index contributed by atoms with van der Waals surface area (Å²) in [5, 5.41) is 24.7. The minimum atomic E-state index is -1.37. The fourth-order valence-corrected chi connectivity index (χ4v) is 4.57. The maximum atomic E-state index is 12.5. The second-order valence-corrected chi connectivity index (χ2v) is 7.37. The Morgan fingerprint density at radius 1 is 1.46 bits per heavy atom. The Hall–Kier alpha value is -3.13. The summed E-state index contributed by atoms with van der Waals surface area (Å²) in [4.78, 5) is 52.1. The number of carboxylic acid groups (broad SMARTS) is 1. The summed E-state index contributed by atoms with van der Waals surface area (Å²) in [6.45, 7) is -0.358. The molecule has 14 heteroatoms. The van der Waals surface area contributed by atoms with Crippen LogP contribution in [-0.4, -0.2) is 73.6 Å². The van der Waals surface area contributed by atoms with Crippen LogP contribution in [0.4, 0.5) is 4.79 Å². The molecule has 2 aliphatic heterocycles. The Morgan fingerprint density at radius 2 is 2.21 bits per heavy atom. The maximum Gasteiger partial charge on any atom is 0.404 e. The number of β-lactam (4-membered cyclic amide) rings is 1. The van der Waals surface area contributed by atoms with Gasteiger partial charge >= 0.3 is 12.1 Å². The van der Waals surface area contributed by atoms with Gasteiger partial charge in [0, 0.05) is 16.7 Å². The molecule has 0 bridgehead atoms. The van der Waals surface area contributed by atoms with Crippen LogP contribution in [0.2, 0.25) is 0 Å². The molecule has 0 aromatic carbocycles. The first-order valence-corrected chi connectivity index (χ1v) is 9.58. The molecular formula is C14H13N5O7S2. The number of fused-ring (bicyclic) bond motifs is 1. The Morgan fingerprint density at radius 3 is 2.79 bits per heavy atom. The van der Waals surface area contributed by atoms with Gasteiger partial charge in [0.25, 0.3) is 11.8 Å². The molecule has 1 fully saturated rings. The SMILES string of the molecule is NC(=O)OCC1=C(C(=O)O)N2C(=O)C(NC(=O)/C(=N\O)c3cscn3)[C@@H]2SC1. The highest BCUT2D eigenvalue weighted by atomic mass is 32.2. The number of hydrogen-bond acceptors (Lipinski definition) is 10. The van der Waals surface area contributed by atoms with Crippen molar-refractivity contribution in [1.82, 2.24) is 15.2 Å². The van der Waals surface area contributed by atoms with E-state index >= 15 is 0 Å². The van der Waals surface area contributed by atoms with E-state index in [1.807, 2.05) is 0 Å². The number of primary amides is 1. The van der Waals surface area contributed by atoms with Gasteiger partial charge in [-0.05, 0) is 0 Å². The van der Waals surface area contributed by atoms with Crippen molar-refractivity contribution < 1.29 is 34.2 Å². The summed E-state index contributed by atoms with van der Waals surface area (Å²) >= 11 is 2.38. The number of carbonyl (C=O) groups excluding carboxylic acids is 3. The zero-order chi connectivity index (χ0) is 20.4. The molecule has 0 spiro atoms. The lowest BCUT2D eigenvalue weighted by Crippen LogP contribution is -2.71. The van der Waals surface area contributed by atoms with Crippen molar-refractivity contribution in [1.29, 1.82) is 0 Å². The third-order valence-corrected chi connectivity index (χ3v) is 5.84. The molecule has 2 atom stereocenters. The molecular weight excluding hydrogens is 414 g/mol. The molecule has 0 aliphatic carbocycles. The summed E-state index contributed by atoms with van der Waals surface area (Å²) < 4.78 is 4.63. The topological polar surface area (TPSA) is 185 Å². The number of nitrogens with two attached hydrogens (primary N) is 1. The second kappa shape index (κ2) is 7.85. The van der Waals surface area contributed by atoms with Gasteiger partial charge < -0.3 is 26.1 Å². The number of amides is 3. The molecule has 3 amide bonds. The van der Waals surface area contributed by atoms with Crippen molar-refractivity contribution in [2.24, 2.45) is 10.9 Å². The number of nitrogens with one attached hydrogen (secondary N) is 1. The smallest absolute Gasteiger partial charge is 0.404 e. The number of carbonyl (C=O) groups is 4. The molecule has 1 aromatic rings. The van der Waals surface area contributed by atoms with E-state index in [-0.39, 0.29) is 35.0 Å². The quantitative estimate of drug-likeness (QED) is 0.194. The van der Waals surface area contributed by atoms with Crippen molar-refractivity contribution in [2.75, 3.05) is 12.4 Å². The number of thioether (sulfide) groups is 1. The van der Waals surface area contributed by atoms with Crippen LogP contribution in [-0.2, 0) is 19.1 Å². The zero-order valence-corrected chi connectivity index (χ0v) is 15.5. The highest BCUT2D eigenvalue weighted by molar-refractivity contribution is 8.00. The summed E-state index contributed by atoms with van der Waals surface area (Å²) in [5.41, 5.74) is 6.02. The minimum absolute atomic E-state index is 0.141. The second-order valence-electron chi connectivity index (χ2n) is 5.55. The first-order valence-electron chi connectivity index (χ1n) is 7.58. The van der Waals surface area contributed by atoms with Gasteiger partial charge in [-0.1, -0.05) is 5.16 Å². The molecule has 12 nitrogen and oxygen atoms in total. The van der Waals surface area contributed by atoms with E-state index in [0.29, 0.717) is 0 Å². The number of carboxylic acids is 1. The molecule has 3 rings (SSSR count). The summed E-state index contributed by atoms with van der Waals surface area (Å²) in [6.07, 6.45) is -1.07. The van der Waals surface area contributed by atoms with Crippen LogP contribution in [0.3, 0.4) is 0 Å². The molecule has 1 aromatic heterocycles. The number of nitrogens with zero attached hydrogens (tertiary/aromatic N) is 3. The number of aliphatic carboxylic acids is 1. The molecule has 1 saturated heterocycles. The predicted molar refractivity (Wildman–Crippen MR) is 95.7 cm³/mol. The van der Waals surface area contributed by atoms with Crippen LogP contribution in [0.15, 0.2) is 27.3 Å². The normalized spacial score (nSPS) is 21.6. The average molecular weight is 427 g/mol. The third-order valence-electron chi connectivity index (χ3n) is 3.92. The van der Waals surface area contributed by atoms with Crippen molar-refractivity contribution in [3.8, 4) is 0 Å². The molecule has 148 valence electrons. The van der Waals surface area contributed by atoms with E-state index in [1.54, 1.807) is 0 Å². The number of rotatable bonds is 6. The minimum Gasteiger partial charge on any atom is -0.477 e. The highest BCUT2D eigenvalue weighted by Crippen LogP contribution is 2.40. The zero-order valence-electron chi connectivity index (χ0n) is 13.9. The Balaban J connectivity index is 1.76. The predicted octanol–water partition coefficient (Wildman–Crippen LogP) is -0.845. The number of oxime groups is 1. The van der Waals surface area contributed by atoms with Gasteiger partial charge in [-0.3, -0.25) is 14.5 Å². The monoisotopic (exact) mass is 427 g/mol. The van der Waals surface area contributed by atoms with E-state index in [9.17, 15) is 24.3 Å². The molecule has 5 N–H and O–H groups in total. The van der Waals surface area contributed by atoms with Crippen LogP contribution in [0.1, 0.15) is 5.69 Å². The van der Waals surface area contributed by atoms with E-state index in [1.165, 1.54) is 34.0 Å². The lowest BCUT2D eigenvalue weighted by molar-refractivity contribution is -0.150. The molecule has 28 heavy (non-hydrogen) atoms. The Labute approximate surface area is 165 Å². The van der Waals surface area contributed by atoms with Gasteiger partial charge in [-0.15, -0.1) is 23.1 Å². The molecule has 0 radical (unpaired) electrons. The van der Waals surface area contributed by atoms with Gasteiger partial charge in [0.05, 0.1) is 5.51 Å². The highest BCUT2D eigenvalue weighted by Gasteiger charge is 2.54. The molecule has 3 heterocycles. The standard InChI is InChI=1S/C14H13N5O7S2/c15-14(24)26-1-5-2-28-12-8(11(21)19(12)9(5)13(22)23)17-10(20)7(18-25)6-3-27-4-16-6/h3-4,8,12,25H,1-2H2,(H2,15,24)(H,17,20)(H,22,23)/b18-7-/t8?,12-/m0/s1. The van der Waals surface area contributed by atoms with Crippen LogP contribution in [0, 0.1) is 0 Å². The van der Waals surface area contributed by atoms with Gasteiger partial charge in [0.15, 0.2) is 5.71 Å². The van der Waals surface area contributed by atoms with Gasteiger partial charge in [0.1, 0.15) is 29.4 Å².